The molecule has 0 saturated carbocycles. The number of halogens is 6. The number of carbonyl (C=O) groups is 2. The largest absolute Gasteiger partial charge is 0.344 e. The number of hydrogen-bond donors (Lipinski definition) is 1. The molecule has 1 N–H and O–H groups in total. The van der Waals surface area contributed by atoms with Crippen LogP contribution in [-0.2, 0) is 0 Å². The lowest BCUT2D eigenvalue weighted by molar-refractivity contribution is -0.194. The number of pyridine rings is 2. The number of rotatable bonds is 5. The van der Waals surface area contributed by atoms with Gasteiger partial charge in [-0.1, -0.05) is 29.3 Å². The maximum atomic E-state index is 14.2. The van der Waals surface area contributed by atoms with Crippen LogP contribution in [0.5, 0.6) is 0 Å². The van der Waals surface area contributed by atoms with Crippen molar-refractivity contribution in [2.75, 3.05) is 40.0 Å². The zero-order chi connectivity index (χ0) is 39.8. The third kappa shape index (κ3) is 8.83. The SMILES string of the molecule is C1N2CN3CN1CN(C2)C3.Fc1ccc(Cl)cc1-c1[nH]cnc1-c1ccc2ncc(Br)cc2c1.O=C(C(=O)c1cc(Cl)ccc1F)c1ccc2ncc(Br)cc2c1. The molecule has 11 rings (SSSR count). The quantitative estimate of drug-likeness (QED) is 0.134. The van der Waals surface area contributed by atoms with Crippen LogP contribution in [-0.4, -0.2) is 91.1 Å². The maximum absolute atomic E-state index is 14.2. The molecule has 4 fully saturated rings. The number of nitrogens with one attached hydrogen (secondary N) is 1. The van der Waals surface area contributed by atoms with Gasteiger partial charge in [-0.3, -0.25) is 39.2 Å². The summed E-state index contributed by atoms with van der Waals surface area (Å²) in [5.74, 6) is -2.87. The summed E-state index contributed by atoms with van der Waals surface area (Å²) in [7, 11) is 0. The fourth-order valence-corrected chi connectivity index (χ4v) is 8.11. The molecule has 7 heterocycles. The van der Waals surface area contributed by atoms with Crippen LogP contribution in [0.1, 0.15) is 20.7 Å². The van der Waals surface area contributed by atoms with Gasteiger partial charge in [0.15, 0.2) is 0 Å². The smallest absolute Gasteiger partial charge is 0.236 e. The number of aromatic amines is 1. The molecule has 0 radical (unpaired) electrons. The van der Waals surface area contributed by atoms with E-state index < -0.39 is 17.4 Å². The molecule has 0 aliphatic carbocycles. The molecule has 0 unspecified atom stereocenters. The number of imidazole rings is 1. The Bertz CT molecular complexity index is 2630. The summed E-state index contributed by atoms with van der Waals surface area (Å²) in [6, 6.07) is 22.3. The van der Waals surface area contributed by atoms with Crippen LogP contribution in [0.25, 0.3) is 44.3 Å². The van der Waals surface area contributed by atoms with Gasteiger partial charge in [0, 0.05) is 58.8 Å². The van der Waals surface area contributed by atoms with Gasteiger partial charge in [-0.25, -0.2) is 13.8 Å². The zero-order valence-electron chi connectivity index (χ0n) is 29.8. The molecule has 10 nitrogen and oxygen atoms in total. The van der Waals surface area contributed by atoms with Crippen molar-refractivity contribution in [2.45, 2.75) is 0 Å². The van der Waals surface area contributed by atoms with Gasteiger partial charge in [-0.2, -0.15) is 0 Å². The lowest BCUT2D eigenvalue weighted by atomic mass is 10.00. The van der Waals surface area contributed by atoms with E-state index in [4.69, 9.17) is 23.2 Å². The van der Waals surface area contributed by atoms with Crippen LogP contribution < -0.4 is 0 Å². The van der Waals surface area contributed by atoms with Crippen molar-refractivity contribution in [1.29, 1.82) is 0 Å². The molecular formula is C41H30Br2Cl2F2N8O2. The molecule has 4 saturated heterocycles. The Balaban J connectivity index is 0.000000129. The van der Waals surface area contributed by atoms with Crippen molar-refractivity contribution >= 4 is 88.4 Å². The Morgan fingerprint density at radius 2 is 1.16 bits per heavy atom. The molecule has 4 bridgehead atoms. The number of benzene rings is 4. The van der Waals surface area contributed by atoms with Crippen molar-refractivity contribution in [3.8, 4) is 22.5 Å². The topological polar surface area (TPSA) is 102 Å². The molecule has 57 heavy (non-hydrogen) atoms. The fourth-order valence-electron chi connectivity index (χ4n) is 7.06. The van der Waals surface area contributed by atoms with Gasteiger partial charge in [0.2, 0.25) is 11.6 Å². The van der Waals surface area contributed by atoms with Crippen molar-refractivity contribution in [3.05, 3.63) is 145 Å². The molecule has 4 aliphatic rings. The van der Waals surface area contributed by atoms with Gasteiger partial charge in [-0.05, 0) is 111 Å². The Kier molecular flexibility index (Phi) is 11.6. The first-order valence-electron chi connectivity index (χ1n) is 17.5. The van der Waals surface area contributed by atoms with Crippen LogP contribution >= 0.6 is 55.1 Å². The van der Waals surface area contributed by atoms with Crippen molar-refractivity contribution < 1.29 is 18.4 Å². The van der Waals surface area contributed by atoms with Gasteiger partial charge in [0.25, 0.3) is 0 Å². The highest BCUT2D eigenvalue weighted by atomic mass is 79.9. The van der Waals surface area contributed by atoms with Crippen LogP contribution in [0.3, 0.4) is 0 Å². The number of ketones is 2. The third-order valence-electron chi connectivity index (χ3n) is 9.45. The Labute approximate surface area is 352 Å². The average Bonchev–Trinajstić information content (AvgIpc) is 3.68. The van der Waals surface area contributed by atoms with Gasteiger partial charge < -0.3 is 4.98 Å². The molecule has 288 valence electrons. The van der Waals surface area contributed by atoms with Crippen LogP contribution in [0.4, 0.5) is 8.78 Å². The first-order valence-corrected chi connectivity index (χ1v) is 19.8. The minimum absolute atomic E-state index is 0.168. The summed E-state index contributed by atoms with van der Waals surface area (Å²) in [6.07, 6.45) is 4.94. The number of aromatic nitrogens is 4. The second-order valence-electron chi connectivity index (χ2n) is 13.7. The number of Topliss-reactive ketones (excluding diaryl/α,β-unsaturated/α-hetero) is 2. The van der Waals surface area contributed by atoms with Gasteiger partial charge in [0.05, 0.1) is 74.3 Å². The normalized spacial score (nSPS) is 19.1. The number of fused-ring (bicyclic) bond motifs is 2. The Morgan fingerprint density at radius 1 is 0.614 bits per heavy atom. The Hall–Kier alpha value is -4.51. The zero-order valence-corrected chi connectivity index (χ0v) is 34.5. The molecule has 4 aromatic carbocycles. The molecule has 0 spiro atoms. The molecular weight excluding hydrogens is 905 g/mol. The van der Waals surface area contributed by atoms with Crippen LogP contribution in [0.15, 0.2) is 113 Å². The molecule has 4 aliphatic heterocycles. The van der Waals surface area contributed by atoms with E-state index in [-0.39, 0.29) is 22.0 Å². The Morgan fingerprint density at radius 3 is 1.77 bits per heavy atom. The van der Waals surface area contributed by atoms with Crippen molar-refractivity contribution in [2.24, 2.45) is 0 Å². The van der Waals surface area contributed by atoms with E-state index in [0.29, 0.717) is 32.9 Å². The van der Waals surface area contributed by atoms with E-state index in [2.05, 4.69) is 71.4 Å². The van der Waals surface area contributed by atoms with E-state index in [9.17, 15) is 18.4 Å². The maximum Gasteiger partial charge on any atom is 0.236 e. The number of nitrogens with zero attached hydrogens (tertiary/aromatic N) is 7. The fraction of sp³-hybridized carbons (Fsp3) is 0.146. The third-order valence-corrected chi connectivity index (χ3v) is 10.8. The second kappa shape index (κ2) is 16.8. The second-order valence-corrected chi connectivity index (χ2v) is 16.4. The predicted octanol–water partition coefficient (Wildman–Crippen LogP) is 9.68. The summed E-state index contributed by atoms with van der Waals surface area (Å²) in [6.45, 7) is 7.12. The molecule has 0 amide bonds. The first-order chi connectivity index (χ1) is 27.5. The number of carbonyl (C=O) groups excluding carboxylic acids is 2. The van der Waals surface area contributed by atoms with E-state index in [1.807, 2.05) is 24.3 Å². The van der Waals surface area contributed by atoms with Crippen molar-refractivity contribution in [3.63, 3.8) is 0 Å². The highest BCUT2D eigenvalue weighted by molar-refractivity contribution is 9.10. The van der Waals surface area contributed by atoms with E-state index in [1.54, 1.807) is 43.0 Å². The summed E-state index contributed by atoms with van der Waals surface area (Å²) >= 11 is 18.5. The molecule has 3 aromatic heterocycles. The summed E-state index contributed by atoms with van der Waals surface area (Å²) in [4.78, 5) is 50.4. The average molecular weight is 935 g/mol. The van der Waals surface area contributed by atoms with E-state index in [0.717, 1.165) is 37.5 Å². The number of hydrogen-bond acceptors (Lipinski definition) is 9. The minimum atomic E-state index is -0.938. The van der Waals surface area contributed by atoms with Gasteiger partial charge in [-0.15, -0.1) is 0 Å². The van der Waals surface area contributed by atoms with E-state index in [1.165, 1.54) is 64.3 Å². The molecule has 16 heteroatoms. The van der Waals surface area contributed by atoms with Gasteiger partial charge in [0.1, 0.15) is 11.6 Å². The van der Waals surface area contributed by atoms with Crippen molar-refractivity contribution in [1.82, 2.24) is 39.5 Å². The minimum Gasteiger partial charge on any atom is -0.344 e. The van der Waals surface area contributed by atoms with E-state index >= 15 is 0 Å². The number of H-pyrrole nitrogens is 1. The molecule has 0 atom stereocenters. The lowest BCUT2D eigenvalue weighted by Crippen LogP contribution is -2.71. The lowest BCUT2D eigenvalue weighted by Gasteiger charge is -2.56. The first kappa shape index (κ1) is 39.3. The monoisotopic (exact) mass is 932 g/mol. The highest BCUT2D eigenvalue weighted by Gasteiger charge is 2.36. The summed E-state index contributed by atoms with van der Waals surface area (Å²) in [5, 5.41) is 2.33. The van der Waals surface area contributed by atoms with Crippen LogP contribution in [0, 0.1) is 11.6 Å². The summed E-state index contributed by atoms with van der Waals surface area (Å²) in [5.41, 5.74) is 3.92. The predicted molar refractivity (Wildman–Crippen MR) is 224 cm³/mol. The van der Waals surface area contributed by atoms with Crippen LogP contribution in [0.2, 0.25) is 10.0 Å². The molecule has 7 aromatic rings. The highest BCUT2D eigenvalue weighted by Crippen LogP contribution is 2.34. The standard InChI is InChI=1S/C18H10BrClFN3.C17H8BrClFNO2.C6H12N4/c19-12-6-11-5-10(1-4-16(11)22-8-12)17-18(24-9-23-17)14-7-13(20)2-3-15(14)21;18-11-6-10-5-9(1-4-15(10)21-8-11)16(22)17(23)13-7-12(19)2-3-14(13)20;1-7-2-9-4-8(1)5-10(3-7)6-9/h1-9H,(H,23,24);1-8H;1-6H2. The van der Waals surface area contributed by atoms with Gasteiger partial charge >= 0.3 is 0 Å². The summed E-state index contributed by atoms with van der Waals surface area (Å²) < 4.78 is 29.6.